The fourth-order valence-electron chi connectivity index (χ4n) is 1.58. The van der Waals surface area contributed by atoms with Crippen molar-refractivity contribution in [2.75, 3.05) is 0 Å². The van der Waals surface area contributed by atoms with Crippen LogP contribution in [0.1, 0.15) is 18.9 Å². The number of nitrogens with zero attached hydrogens (tertiary/aromatic N) is 2. The number of hydrogen-bond acceptors (Lipinski definition) is 3. The first-order valence-corrected chi connectivity index (χ1v) is 4.94. The second-order valence-corrected chi connectivity index (χ2v) is 3.77. The average Bonchev–Trinajstić information content (AvgIpc) is 2.23. The van der Waals surface area contributed by atoms with Crippen molar-refractivity contribution in [2.24, 2.45) is 21.9 Å². The predicted octanol–water partition coefficient (Wildman–Crippen LogP) is 2.07. The Morgan fingerprint density at radius 3 is 2.44 bits per heavy atom. The molecule has 2 N–H and O–H groups in total. The highest BCUT2D eigenvalue weighted by molar-refractivity contribution is 6.05. The van der Waals surface area contributed by atoms with Gasteiger partial charge in [-0.05, 0) is 12.1 Å². The van der Waals surface area contributed by atoms with Gasteiger partial charge in [0.2, 0.25) is 0 Å². The molecular weight excluding hydrogens is 212 g/mol. The topological polar surface area (TPSA) is 50.7 Å². The Morgan fingerprint density at radius 2 is 1.88 bits per heavy atom. The molecule has 1 atom stereocenters. The van der Waals surface area contributed by atoms with Gasteiger partial charge in [0.05, 0.1) is 11.3 Å². The van der Waals surface area contributed by atoms with E-state index in [1.807, 2.05) is 6.92 Å². The molecule has 0 fully saturated rings. The second-order valence-electron chi connectivity index (χ2n) is 3.77. The maximum absolute atomic E-state index is 13.5. The van der Waals surface area contributed by atoms with Crippen LogP contribution in [-0.4, -0.2) is 11.5 Å². The maximum Gasteiger partial charge on any atom is 0.135 e. The van der Waals surface area contributed by atoms with Gasteiger partial charge >= 0.3 is 0 Å². The van der Waals surface area contributed by atoms with Crippen LogP contribution in [0.5, 0.6) is 0 Å². The first-order chi connectivity index (χ1) is 7.59. The molecule has 1 aromatic rings. The average molecular weight is 223 g/mol. The predicted molar refractivity (Wildman–Crippen MR) is 58.3 cm³/mol. The Hall–Kier alpha value is -1.78. The lowest BCUT2D eigenvalue weighted by Crippen LogP contribution is -2.27. The lowest BCUT2D eigenvalue weighted by Gasteiger charge is -2.16. The number of rotatable bonds is 1. The summed E-state index contributed by atoms with van der Waals surface area (Å²) in [6.45, 7) is 1.84. The Kier molecular flexibility index (Phi) is 2.68. The summed E-state index contributed by atoms with van der Waals surface area (Å²) in [5, 5.41) is 7.45. The fraction of sp³-hybridized carbons (Fsp3) is 0.273. The van der Waals surface area contributed by atoms with Gasteiger partial charge in [0.1, 0.15) is 17.5 Å². The third-order valence-corrected chi connectivity index (χ3v) is 2.54. The van der Waals surface area contributed by atoms with Crippen molar-refractivity contribution in [3.05, 3.63) is 35.4 Å². The minimum Gasteiger partial charge on any atom is -0.385 e. The summed E-state index contributed by atoms with van der Waals surface area (Å²) in [6, 6.07) is 3.72. The third-order valence-electron chi connectivity index (χ3n) is 2.54. The highest BCUT2D eigenvalue weighted by Gasteiger charge is 2.22. The highest BCUT2D eigenvalue weighted by Crippen LogP contribution is 2.20. The van der Waals surface area contributed by atoms with Crippen LogP contribution < -0.4 is 5.73 Å². The van der Waals surface area contributed by atoms with Gasteiger partial charge in [-0.2, -0.15) is 5.10 Å². The SMILES string of the molecule is CC1CC(c2c(F)cccc2F)=NN=C1N. The highest BCUT2D eigenvalue weighted by atomic mass is 19.1. The zero-order chi connectivity index (χ0) is 11.7. The smallest absolute Gasteiger partial charge is 0.135 e. The van der Waals surface area contributed by atoms with Crippen molar-refractivity contribution in [3.63, 3.8) is 0 Å². The fourth-order valence-corrected chi connectivity index (χ4v) is 1.58. The normalized spacial score (nSPS) is 20.3. The molecule has 3 nitrogen and oxygen atoms in total. The largest absolute Gasteiger partial charge is 0.385 e. The molecule has 0 spiro atoms. The quantitative estimate of drug-likeness (QED) is 0.778. The molecule has 1 unspecified atom stereocenters. The van der Waals surface area contributed by atoms with Gasteiger partial charge in [0.25, 0.3) is 0 Å². The van der Waals surface area contributed by atoms with Crippen molar-refractivity contribution in [1.29, 1.82) is 0 Å². The zero-order valence-electron chi connectivity index (χ0n) is 8.74. The van der Waals surface area contributed by atoms with E-state index in [0.717, 1.165) is 0 Å². The van der Waals surface area contributed by atoms with Crippen molar-refractivity contribution in [3.8, 4) is 0 Å². The number of amidine groups is 1. The number of nitrogens with two attached hydrogens (primary N) is 1. The molecule has 84 valence electrons. The molecule has 0 amide bonds. The summed E-state index contributed by atoms with van der Waals surface area (Å²) in [7, 11) is 0. The van der Waals surface area contributed by atoms with Crippen LogP contribution in [0.3, 0.4) is 0 Å². The van der Waals surface area contributed by atoms with Gasteiger partial charge in [-0.25, -0.2) is 8.78 Å². The van der Waals surface area contributed by atoms with Gasteiger partial charge in [0.15, 0.2) is 0 Å². The lowest BCUT2D eigenvalue weighted by atomic mass is 9.96. The molecule has 5 heteroatoms. The van der Waals surface area contributed by atoms with Gasteiger partial charge in [0, 0.05) is 12.3 Å². The van der Waals surface area contributed by atoms with Crippen molar-refractivity contribution in [1.82, 2.24) is 0 Å². The summed E-state index contributed by atoms with van der Waals surface area (Å²) in [6.07, 6.45) is 0.396. The number of hydrogen-bond donors (Lipinski definition) is 1. The first kappa shape index (κ1) is 10.7. The Bertz CT molecular complexity index is 460. The van der Waals surface area contributed by atoms with Crippen molar-refractivity contribution >= 4 is 11.5 Å². The Labute approximate surface area is 91.7 Å². The van der Waals surface area contributed by atoms with E-state index < -0.39 is 11.6 Å². The monoisotopic (exact) mass is 223 g/mol. The summed E-state index contributed by atoms with van der Waals surface area (Å²) in [4.78, 5) is 0. The van der Waals surface area contributed by atoms with E-state index in [-0.39, 0.29) is 11.5 Å². The minimum atomic E-state index is -0.623. The minimum absolute atomic E-state index is 0.0495. The van der Waals surface area contributed by atoms with Crippen LogP contribution in [0, 0.1) is 17.6 Å². The van der Waals surface area contributed by atoms with Gasteiger partial charge in [-0.3, -0.25) is 0 Å². The molecule has 0 radical (unpaired) electrons. The van der Waals surface area contributed by atoms with E-state index >= 15 is 0 Å². The standard InChI is InChI=1S/C11H11F2N3/c1-6-5-9(15-16-11(6)14)10-7(12)3-2-4-8(10)13/h2-4,6H,5H2,1H3,(H2,14,16). The van der Waals surface area contributed by atoms with E-state index in [2.05, 4.69) is 10.2 Å². The molecule has 0 saturated heterocycles. The van der Waals surface area contributed by atoms with Crippen LogP contribution in [0.15, 0.2) is 28.4 Å². The number of benzene rings is 1. The number of halogens is 2. The van der Waals surface area contributed by atoms with E-state index in [1.54, 1.807) is 0 Å². The van der Waals surface area contributed by atoms with Gasteiger partial charge in [-0.15, -0.1) is 5.10 Å². The summed E-state index contributed by atoms with van der Waals surface area (Å²) in [5.74, 6) is -0.907. The first-order valence-electron chi connectivity index (χ1n) is 4.94. The maximum atomic E-state index is 13.5. The third kappa shape index (κ3) is 1.80. The van der Waals surface area contributed by atoms with Gasteiger partial charge < -0.3 is 5.73 Å². The van der Waals surface area contributed by atoms with E-state index in [4.69, 9.17) is 5.73 Å². The van der Waals surface area contributed by atoms with E-state index in [1.165, 1.54) is 18.2 Å². The molecule has 2 rings (SSSR count). The van der Waals surface area contributed by atoms with E-state index in [9.17, 15) is 8.78 Å². The lowest BCUT2D eigenvalue weighted by molar-refractivity contribution is 0.576. The second kappa shape index (κ2) is 4.00. The van der Waals surface area contributed by atoms with Crippen LogP contribution in [0.4, 0.5) is 8.78 Å². The summed E-state index contributed by atoms with van der Waals surface area (Å²) >= 11 is 0. The van der Waals surface area contributed by atoms with Crippen LogP contribution >= 0.6 is 0 Å². The molecule has 0 bridgehead atoms. The summed E-state index contributed by atoms with van der Waals surface area (Å²) < 4.78 is 26.9. The summed E-state index contributed by atoms with van der Waals surface area (Å²) in [5.41, 5.74) is 5.75. The molecule has 1 aliphatic rings. The van der Waals surface area contributed by atoms with Crippen LogP contribution in [0.2, 0.25) is 0 Å². The molecule has 0 saturated carbocycles. The van der Waals surface area contributed by atoms with Crippen LogP contribution in [0.25, 0.3) is 0 Å². The molecule has 1 heterocycles. The zero-order valence-corrected chi connectivity index (χ0v) is 8.74. The van der Waals surface area contributed by atoms with Gasteiger partial charge in [-0.1, -0.05) is 13.0 Å². The van der Waals surface area contributed by atoms with Crippen LogP contribution in [-0.2, 0) is 0 Å². The van der Waals surface area contributed by atoms with Crippen molar-refractivity contribution in [2.45, 2.75) is 13.3 Å². The molecule has 16 heavy (non-hydrogen) atoms. The Morgan fingerprint density at radius 1 is 1.25 bits per heavy atom. The molecule has 0 aliphatic carbocycles. The van der Waals surface area contributed by atoms with Crippen molar-refractivity contribution < 1.29 is 8.78 Å². The molecular formula is C11H11F2N3. The molecule has 1 aliphatic heterocycles. The van der Waals surface area contributed by atoms with E-state index in [0.29, 0.717) is 18.0 Å². The molecule has 0 aromatic heterocycles. The Balaban J connectivity index is 2.47. The molecule has 1 aromatic carbocycles.